The number of carbonyl (C=O) groups is 5. The number of fused-ring (bicyclic) bond motifs is 4. The third-order valence-corrected chi connectivity index (χ3v) is 10.2. The van der Waals surface area contributed by atoms with Gasteiger partial charge in [0.05, 0.1) is 35.5 Å². The molecular formula is C35H38N2O8. The van der Waals surface area contributed by atoms with Crippen LogP contribution in [-0.4, -0.2) is 64.5 Å². The molecule has 2 aromatic rings. The molecule has 3 fully saturated rings. The highest BCUT2D eigenvalue weighted by Crippen LogP contribution is 2.63. The van der Waals surface area contributed by atoms with E-state index in [2.05, 4.69) is 0 Å². The number of imide groups is 2. The number of aliphatic hydroxyl groups is 1. The molecule has 0 unspecified atom stereocenters. The SMILES string of the molecule is C[C@@]12C(=O)N(c3ccccc3)C(=O)[C@@H]1C[C@@H]1C(=CC[C@@H]3C(=O)N(CCCCCC(=O)O)C(=O)[C@@H]31)[C@@H]2c1ccc(OCCO)cc1. The normalized spacial score (nSPS) is 28.9. The molecule has 10 nitrogen and oxygen atoms in total. The summed E-state index contributed by atoms with van der Waals surface area (Å²) in [7, 11) is 0. The van der Waals surface area contributed by atoms with Gasteiger partial charge in [-0.05, 0) is 68.4 Å². The largest absolute Gasteiger partial charge is 0.491 e. The molecule has 4 aliphatic rings. The number of carbonyl (C=O) groups excluding carboxylic acids is 4. The number of allylic oxidation sites excluding steroid dienone is 2. The Morgan fingerprint density at radius 1 is 0.933 bits per heavy atom. The van der Waals surface area contributed by atoms with Crippen molar-refractivity contribution in [3.05, 3.63) is 71.8 Å². The van der Waals surface area contributed by atoms with E-state index >= 15 is 0 Å². The second kappa shape index (κ2) is 12.2. The zero-order valence-electron chi connectivity index (χ0n) is 25.3. The minimum Gasteiger partial charge on any atom is -0.491 e. The van der Waals surface area contributed by atoms with Crippen LogP contribution in [0.25, 0.3) is 0 Å². The Balaban J connectivity index is 1.36. The monoisotopic (exact) mass is 614 g/mol. The summed E-state index contributed by atoms with van der Waals surface area (Å²) < 4.78 is 5.57. The Labute approximate surface area is 261 Å². The van der Waals surface area contributed by atoms with E-state index in [1.54, 1.807) is 36.4 Å². The number of benzene rings is 2. The van der Waals surface area contributed by atoms with Crippen LogP contribution in [0.2, 0.25) is 0 Å². The number of hydrogen-bond donors (Lipinski definition) is 2. The number of anilines is 1. The molecule has 2 aliphatic carbocycles. The van der Waals surface area contributed by atoms with Gasteiger partial charge in [-0.15, -0.1) is 0 Å². The number of carboxylic acid groups (broad SMARTS) is 1. The molecular weight excluding hydrogens is 576 g/mol. The van der Waals surface area contributed by atoms with Gasteiger partial charge in [0.25, 0.3) is 0 Å². The first kappa shape index (κ1) is 30.7. The van der Waals surface area contributed by atoms with Crippen LogP contribution in [0.3, 0.4) is 0 Å². The van der Waals surface area contributed by atoms with Crippen molar-refractivity contribution in [2.24, 2.45) is 29.1 Å². The third-order valence-electron chi connectivity index (χ3n) is 10.2. The number of rotatable bonds is 11. The van der Waals surface area contributed by atoms with E-state index in [0.29, 0.717) is 37.1 Å². The smallest absolute Gasteiger partial charge is 0.303 e. The van der Waals surface area contributed by atoms with Gasteiger partial charge in [-0.2, -0.15) is 0 Å². The maximum atomic E-state index is 14.4. The molecule has 2 saturated heterocycles. The minimum absolute atomic E-state index is 0.0470. The number of para-hydroxylation sites is 1. The van der Waals surface area contributed by atoms with Crippen molar-refractivity contribution >= 4 is 35.3 Å². The maximum absolute atomic E-state index is 14.4. The van der Waals surface area contributed by atoms with E-state index in [1.165, 1.54) is 9.80 Å². The second-order valence-electron chi connectivity index (χ2n) is 12.7. The average molecular weight is 615 g/mol. The van der Waals surface area contributed by atoms with Crippen molar-refractivity contribution in [1.82, 2.24) is 4.90 Å². The van der Waals surface area contributed by atoms with E-state index in [0.717, 1.165) is 11.1 Å². The molecule has 0 radical (unpaired) electrons. The number of amides is 4. The van der Waals surface area contributed by atoms with Crippen molar-refractivity contribution < 1.29 is 38.9 Å². The van der Waals surface area contributed by atoms with E-state index in [1.807, 2.05) is 31.2 Å². The van der Waals surface area contributed by atoms with Crippen LogP contribution < -0.4 is 9.64 Å². The summed E-state index contributed by atoms with van der Waals surface area (Å²) in [5.74, 6) is -4.09. The van der Waals surface area contributed by atoms with E-state index in [4.69, 9.17) is 14.9 Å². The van der Waals surface area contributed by atoms with E-state index in [-0.39, 0.29) is 56.2 Å². The fourth-order valence-electron chi connectivity index (χ4n) is 8.15. The lowest BCUT2D eigenvalue weighted by molar-refractivity contribution is -0.141. The summed E-state index contributed by atoms with van der Waals surface area (Å²) in [5.41, 5.74) is 1.12. The van der Waals surface area contributed by atoms with Crippen LogP contribution in [0.5, 0.6) is 5.75 Å². The maximum Gasteiger partial charge on any atom is 0.303 e. The molecule has 10 heteroatoms. The first-order valence-electron chi connectivity index (χ1n) is 15.7. The summed E-state index contributed by atoms with van der Waals surface area (Å²) in [4.78, 5) is 69.6. The number of likely N-dealkylation sites (tertiary alicyclic amines) is 1. The van der Waals surface area contributed by atoms with Gasteiger partial charge in [-0.25, -0.2) is 4.90 Å². The number of ether oxygens (including phenoxy) is 1. The molecule has 4 amide bonds. The molecule has 2 heterocycles. The lowest BCUT2D eigenvalue weighted by Crippen LogP contribution is -2.48. The van der Waals surface area contributed by atoms with E-state index < -0.39 is 41.0 Å². The summed E-state index contributed by atoms with van der Waals surface area (Å²) in [5, 5.41) is 18.1. The van der Waals surface area contributed by atoms with Crippen molar-refractivity contribution in [3.8, 4) is 5.75 Å². The molecule has 0 aromatic heterocycles. The van der Waals surface area contributed by atoms with Gasteiger partial charge in [-0.3, -0.25) is 28.9 Å². The van der Waals surface area contributed by atoms with Crippen molar-refractivity contribution in [1.29, 1.82) is 0 Å². The number of aliphatic carboxylic acids is 1. The fraction of sp³-hybridized carbons (Fsp3) is 0.457. The summed E-state index contributed by atoms with van der Waals surface area (Å²) >= 11 is 0. The summed E-state index contributed by atoms with van der Waals surface area (Å²) in [6.45, 7) is 2.12. The quantitative estimate of drug-likeness (QED) is 0.220. The number of carboxylic acids is 1. The zero-order chi connectivity index (χ0) is 31.9. The standard InChI is InChI=1S/C35H38N2O8/c1-35-27(32(42)37(34(35)44)22-8-4-2-5-9-22)20-26-24(30(35)21-11-13-23(14-12-21)45-19-18-38)15-16-25-29(26)33(43)36(31(25)41)17-7-3-6-10-28(39)40/h2,4-5,8-9,11-15,25-27,29-30,38H,3,6-7,10,16-20H2,1H3,(H,39,40)/t25-,26+,27-,29-,30-,35+/m0/s1. The van der Waals surface area contributed by atoms with Crippen LogP contribution in [0, 0.1) is 29.1 Å². The Morgan fingerprint density at radius 3 is 2.36 bits per heavy atom. The Morgan fingerprint density at radius 2 is 1.67 bits per heavy atom. The molecule has 1 saturated carbocycles. The van der Waals surface area contributed by atoms with Gasteiger partial charge in [-0.1, -0.05) is 48.4 Å². The lowest BCUT2D eigenvalue weighted by Gasteiger charge is -2.49. The van der Waals surface area contributed by atoms with Crippen molar-refractivity contribution in [3.63, 3.8) is 0 Å². The number of hydrogen-bond acceptors (Lipinski definition) is 7. The first-order valence-corrected chi connectivity index (χ1v) is 15.7. The second-order valence-corrected chi connectivity index (χ2v) is 12.7. The predicted molar refractivity (Wildman–Crippen MR) is 163 cm³/mol. The van der Waals surface area contributed by atoms with Gasteiger partial charge in [0, 0.05) is 18.9 Å². The summed E-state index contributed by atoms with van der Waals surface area (Å²) in [6.07, 6.45) is 4.34. The van der Waals surface area contributed by atoms with Gasteiger partial charge < -0.3 is 14.9 Å². The predicted octanol–water partition coefficient (Wildman–Crippen LogP) is 3.93. The number of unbranched alkanes of at least 4 members (excludes halogenated alkanes) is 2. The van der Waals surface area contributed by atoms with Gasteiger partial charge in [0.1, 0.15) is 12.4 Å². The Bertz CT molecular complexity index is 1540. The topological polar surface area (TPSA) is 142 Å². The van der Waals surface area contributed by atoms with Gasteiger partial charge in [0.15, 0.2) is 0 Å². The highest BCUT2D eigenvalue weighted by molar-refractivity contribution is 6.24. The van der Waals surface area contributed by atoms with Crippen LogP contribution in [0.1, 0.15) is 56.9 Å². The number of aliphatic hydroxyl groups excluding tert-OH is 1. The zero-order valence-corrected chi connectivity index (χ0v) is 25.3. The molecule has 0 bridgehead atoms. The van der Waals surface area contributed by atoms with Crippen LogP contribution in [-0.2, 0) is 24.0 Å². The van der Waals surface area contributed by atoms with Gasteiger partial charge in [0.2, 0.25) is 23.6 Å². The highest BCUT2D eigenvalue weighted by Gasteiger charge is 2.67. The first-order chi connectivity index (χ1) is 21.7. The molecule has 2 aliphatic heterocycles. The molecule has 236 valence electrons. The van der Waals surface area contributed by atoms with Crippen LogP contribution >= 0.6 is 0 Å². The third kappa shape index (κ3) is 5.14. The van der Waals surface area contributed by atoms with Crippen LogP contribution in [0.15, 0.2) is 66.2 Å². The Kier molecular flexibility index (Phi) is 8.35. The molecule has 2 aromatic carbocycles. The molecule has 45 heavy (non-hydrogen) atoms. The van der Waals surface area contributed by atoms with E-state index in [9.17, 15) is 24.0 Å². The highest BCUT2D eigenvalue weighted by atomic mass is 16.5. The molecule has 2 N–H and O–H groups in total. The lowest BCUT2D eigenvalue weighted by atomic mass is 9.51. The number of nitrogens with zero attached hydrogens (tertiary/aromatic N) is 2. The fourth-order valence-corrected chi connectivity index (χ4v) is 8.15. The molecule has 6 atom stereocenters. The average Bonchev–Trinajstić information content (AvgIpc) is 3.39. The van der Waals surface area contributed by atoms with Crippen molar-refractivity contribution in [2.75, 3.05) is 24.7 Å². The molecule has 6 rings (SSSR count). The Hall–Kier alpha value is -4.31. The van der Waals surface area contributed by atoms with Gasteiger partial charge >= 0.3 is 5.97 Å². The van der Waals surface area contributed by atoms with Crippen molar-refractivity contribution in [2.45, 2.75) is 51.4 Å². The summed E-state index contributed by atoms with van der Waals surface area (Å²) in [6, 6.07) is 16.2. The van der Waals surface area contributed by atoms with Crippen LogP contribution in [0.4, 0.5) is 5.69 Å². The minimum atomic E-state index is -1.12. The molecule has 0 spiro atoms.